The van der Waals surface area contributed by atoms with Gasteiger partial charge in [0.25, 0.3) is 15.8 Å². The van der Waals surface area contributed by atoms with Gasteiger partial charge in [-0.2, -0.15) is 8.42 Å². The maximum atomic E-state index is 10.8. The van der Waals surface area contributed by atoms with Crippen molar-refractivity contribution in [2.45, 2.75) is 6.61 Å². The zero-order valence-corrected chi connectivity index (χ0v) is 10.8. The minimum Gasteiger partial charge on any atom is -0.265 e. The Kier molecular flexibility index (Phi) is 4.31. The summed E-state index contributed by atoms with van der Waals surface area (Å²) in [4.78, 5) is 9.91. The van der Waals surface area contributed by atoms with Crippen molar-refractivity contribution in [3.05, 3.63) is 37.9 Å². The Balaban J connectivity index is 3.08. The topological polar surface area (TPSA) is 86.5 Å². The van der Waals surface area contributed by atoms with Crippen molar-refractivity contribution >= 4 is 39.0 Å². The maximum absolute atomic E-state index is 10.8. The lowest BCUT2D eigenvalue weighted by Gasteiger charge is -2.05. The van der Waals surface area contributed by atoms with Crippen LogP contribution in [0.15, 0.2) is 12.1 Å². The molecule has 0 saturated heterocycles. The average molecular weight is 300 g/mol. The van der Waals surface area contributed by atoms with Crippen LogP contribution >= 0.6 is 23.2 Å². The molecule has 1 aromatic rings. The molecule has 94 valence electrons. The van der Waals surface area contributed by atoms with E-state index >= 15 is 0 Å². The van der Waals surface area contributed by atoms with Crippen LogP contribution in [-0.4, -0.2) is 19.6 Å². The van der Waals surface area contributed by atoms with E-state index in [1.165, 1.54) is 6.07 Å². The zero-order valence-electron chi connectivity index (χ0n) is 8.51. The number of rotatable bonds is 4. The second kappa shape index (κ2) is 5.18. The lowest BCUT2D eigenvalue weighted by molar-refractivity contribution is -0.384. The van der Waals surface area contributed by atoms with E-state index in [9.17, 15) is 18.5 Å². The number of hydrogen-bond acceptors (Lipinski definition) is 5. The lowest BCUT2D eigenvalue weighted by Crippen LogP contribution is -2.03. The summed E-state index contributed by atoms with van der Waals surface area (Å²) in [7, 11) is -3.64. The molecule has 0 saturated carbocycles. The highest BCUT2D eigenvalue weighted by Crippen LogP contribution is 2.31. The summed E-state index contributed by atoms with van der Waals surface area (Å²) in [6, 6.07) is 2.25. The highest BCUT2D eigenvalue weighted by atomic mass is 35.5. The first-order chi connectivity index (χ1) is 7.70. The molecule has 1 rings (SSSR count). The third-order valence-corrected chi connectivity index (χ3v) is 2.94. The zero-order chi connectivity index (χ0) is 13.2. The highest BCUT2D eigenvalue weighted by molar-refractivity contribution is 7.85. The van der Waals surface area contributed by atoms with Gasteiger partial charge in [-0.25, -0.2) is 0 Å². The van der Waals surface area contributed by atoms with E-state index in [4.69, 9.17) is 23.2 Å². The standard InChI is InChI=1S/C8H7Cl2NO5S/c1-17(14,15)16-4-5-2-8(11(12)13)7(10)3-6(5)9/h2-3H,4H2,1H3. The van der Waals surface area contributed by atoms with Crippen LogP contribution in [0.4, 0.5) is 5.69 Å². The number of hydrogen-bond donors (Lipinski definition) is 0. The maximum Gasteiger partial charge on any atom is 0.288 e. The molecule has 0 amide bonds. The quantitative estimate of drug-likeness (QED) is 0.484. The van der Waals surface area contributed by atoms with Crippen molar-refractivity contribution < 1.29 is 17.5 Å². The molecule has 17 heavy (non-hydrogen) atoms. The van der Waals surface area contributed by atoms with E-state index in [1.54, 1.807) is 0 Å². The van der Waals surface area contributed by atoms with Crippen LogP contribution in [-0.2, 0) is 20.9 Å². The predicted molar refractivity (Wildman–Crippen MR) is 62.7 cm³/mol. The van der Waals surface area contributed by atoms with Gasteiger partial charge in [-0.1, -0.05) is 23.2 Å². The number of nitrogens with zero attached hydrogens (tertiary/aromatic N) is 1. The Hall–Kier alpha value is -0.890. The number of halogens is 2. The molecule has 0 atom stereocenters. The summed E-state index contributed by atoms with van der Waals surface area (Å²) in [6.07, 6.45) is 0.866. The number of nitro benzene ring substituents is 1. The van der Waals surface area contributed by atoms with Gasteiger partial charge in [-0.15, -0.1) is 0 Å². The summed E-state index contributed by atoms with van der Waals surface area (Å²) in [5, 5.41) is 10.6. The molecule has 0 spiro atoms. The molecule has 1 aromatic carbocycles. The number of nitro groups is 1. The molecule has 0 aliphatic carbocycles. The van der Waals surface area contributed by atoms with E-state index in [2.05, 4.69) is 4.18 Å². The summed E-state index contributed by atoms with van der Waals surface area (Å²) in [6.45, 7) is -0.379. The number of benzene rings is 1. The molecule has 0 bridgehead atoms. The van der Waals surface area contributed by atoms with E-state index in [-0.39, 0.29) is 27.9 Å². The Morgan fingerprint density at radius 1 is 1.35 bits per heavy atom. The first kappa shape index (κ1) is 14.2. The molecule has 0 aliphatic rings. The minimum atomic E-state index is -3.64. The molecule has 0 N–H and O–H groups in total. The second-order valence-electron chi connectivity index (χ2n) is 3.12. The van der Waals surface area contributed by atoms with Crippen LogP contribution in [0.3, 0.4) is 0 Å². The average Bonchev–Trinajstić information content (AvgIpc) is 2.14. The molecular formula is C8H7Cl2NO5S. The van der Waals surface area contributed by atoms with E-state index in [1.807, 2.05) is 0 Å². The van der Waals surface area contributed by atoms with Gasteiger partial charge in [-0.3, -0.25) is 14.3 Å². The predicted octanol–water partition coefficient (Wildman–Crippen LogP) is 2.38. The lowest BCUT2D eigenvalue weighted by atomic mass is 10.2. The van der Waals surface area contributed by atoms with Crippen molar-refractivity contribution in [1.82, 2.24) is 0 Å². The summed E-state index contributed by atoms with van der Waals surface area (Å²) >= 11 is 11.4. The van der Waals surface area contributed by atoms with E-state index < -0.39 is 15.0 Å². The normalized spacial score (nSPS) is 11.5. The summed E-state index contributed by atoms with van der Waals surface area (Å²) in [5.41, 5.74) is -0.184. The van der Waals surface area contributed by atoms with Crippen molar-refractivity contribution in [2.24, 2.45) is 0 Å². The fraction of sp³-hybridized carbons (Fsp3) is 0.250. The third kappa shape index (κ3) is 4.12. The summed E-state index contributed by atoms with van der Waals surface area (Å²) < 4.78 is 26.0. The summed E-state index contributed by atoms with van der Waals surface area (Å²) in [5.74, 6) is 0. The fourth-order valence-electron chi connectivity index (χ4n) is 1.00. The van der Waals surface area contributed by atoms with Gasteiger partial charge in [0.1, 0.15) is 5.02 Å². The molecule has 0 fully saturated rings. The van der Waals surface area contributed by atoms with Crippen molar-refractivity contribution in [2.75, 3.05) is 6.26 Å². The van der Waals surface area contributed by atoms with Crippen LogP contribution in [0.1, 0.15) is 5.56 Å². The van der Waals surface area contributed by atoms with Crippen LogP contribution in [0.2, 0.25) is 10.0 Å². The molecule has 0 aromatic heterocycles. The Bertz CT molecular complexity index is 557. The smallest absolute Gasteiger partial charge is 0.265 e. The minimum absolute atomic E-state index is 0.101. The van der Waals surface area contributed by atoms with E-state index in [0.717, 1.165) is 12.3 Å². The SMILES string of the molecule is CS(=O)(=O)OCc1cc([N+](=O)[O-])c(Cl)cc1Cl. The van der Waals surface area contributed by atoms with Gasteiger partial charge < -0.3 is 0 Å². The monoisotopic (exact) mass is 299 g/mol. The van der Waals surface area contributed by atoms with Gasteiger partial charge in [0, 0.05) is 16.7 Å². The Morgan fingerprint density at radius 3 is 2.41 bits per heavy atom. The van der Waals surface area contributed by atoms with Crippen molar-refractivity contribution in [1.29, 1.82) is 0 Å². The van der Waals surface area contributed by atoms with Crippen molar-refractivity contribution in [3.63, 3.8) is 0 Å². The van der Waals surface area contributed by atoms with Gasteiger partial charge in [0.05, 0.1) is 17.8 Å². The molecule has 6 nitrogen and oxygen atoms in total. The van der Waals surface area contributed by atoms with E-state index in [0.29, 0.717) is 0 Å². The van der Waals surface area contributed by atoms with Crippen LogP contribution in [0.5, 0.6) is 0 Å². The first-order valence-electron chi connectivity index (χ1n) is 4.17. The van der Waals surface area contributed by atoms with Gasteiger partial charge in [0.15, 0.2) is 0 Å². The van der Waals surface area contributed by atoms with Crippen LogP contribution in [0.25, 0.3) is 0 Å². The molecule has 0 aliphatic heterocycles. The van der Waals surface area contributed by atoms with Gasteiger partial charge in [0.2, 0.25) is 0 Å². The third-order valence-electron chi connectivity index (χ3n) is 1.74. The molecular weight excluding hydrogens is 293 g/mol. The van der Waals surface area contributed by atoms with Crippen LogP contribution in [0, 0.1) is 10.1 Å². The first-order valence-corrected chi connectivity index (χ1v) is 6.74. The molecule has 9 heteroatoms. The molecule has 0 unspecified atom stereocenters. The Labute approximate surface area is 107 Å². The van der Waals surface area contributed by atoms with Gasteiger partial charge in [-0.05, 0) is 6.07 Å². The van der Waals surface area contributed by atoms with Gasteiger partial charge >= 0.3 is 0 Å². The van der Waals surface area contributed by atoms with Crippen LogP contribution < -0.4 is 0 Å². The molecule has 0 heterocycles. The Morgan fingerprint density at radius 2 is 1.94 bits per heavy atom. The molecule has 0 radical (unpaired) electrons. The highest BCUT2D eigenvalue weighted by Gasteiger charge is 2.17. The van der Waals surface area contributed by atoms with Crippen molar-refractivity contribution in [3.8, 4) is 0 Å². The fourth-order valence-corrected chi connectivity index (χ4v) is 1.85. The largest absolute Gasteiger partial charge is 0.288 e. The second-order valence-corrected chi connectivity index (χ2v) is 5.58.